The zero-order chi connectivity index (χ0) is 19.1. The maximum atomic E-state index is 10.2. The fraction of sp³-hybridized carbons (Fsp3) is 0.636. The molecule has 2 unspecified atom stereocenters. The van der Waals surface area contributed by atoms with Crippen LogP contribution in [0.25, 0.3) is 0 Å². The average molecular weight is 386 g/mol. The van der Waals surface area contributed by atoms with Crippen molar-refractivity contribution in [3.8, 4) is 11.5 Å². The third-order valence-electron chi connectivity index (χ3n) is 6.87. The first kappa shape index (κ1) is 18.4. The Balaban J connectivity index is 1.43. The van der Waals surface area contributed by atoms with E-state index < -0.39 is 6.10 Å². The third-order valence-corrected chi connectivity index (χ3v) is 6.87. The van der Waals surface area contributed by atoms with E-state index in [4.69, 9.17) is 14.2 Å². The monoisotopic (exact) mass is 386 g/mol. The van der Waals surface area contributed by atoms with Crippen LogP contribution in [0.5, 0.6) is 11.5 Å². The molecule has 3 atom stereocenters. The van der Waals surface area contributed by atoms with Gasteiger partial charge in [-0.15, -0.1) is 0 Å². The van der Waals surface area contributed by atoms with Crippen LogP contribution in [0.1, 0.15) is 24.0 Å². The van der Waals surface area contributed by atoms with E-state index in [1.165, 1.54) is 11.1 Å². The maximum absolute atomic E-state index is 10.2. The molecule has 6 nitrogen and oxygen atoms in total. The summed E-state index contributed by atoms with van der Waals surface area (Å²) in [5.41, 5.74) is 2.47. The molecule has 1 saturated heterocycles. The Morgan fingerprint density at radius 3 is 2.82 bits per heavy atom. The molecule has 0 saturated carbocycles. The largest absolute Gasteiger partial charge is 0.493 e. The molecule has 3 heterocycles. The van der Waals surface area contributed by atoms with Crippen LogP contribution in [0, 0.1) is 0 Å². The van der Waals surface area contributed by atoms with Crippen molar-refractivity contribution < 1.29 is 19.3 Å². The standard InChI is InChI=1S/C22H30N2O4/c1-26-18-3-2-16-15-24(9-8-23-10-12-27-13-11-23)7-6-22-5-4-17(25)14-19(22)28-21(18)20(16)22/h2-5,17,19,25H,6-15H2,1H3/t17?,19-,22?/m1/s1. The summed E-state index contributed by atoms with van der Waals surface area (Å²) in [5, 5.41) is 10.2. The van der Waals surface area contributed by atoms with Crippen molar-refractivity contribution in [3.63, 3.8) is 0 Å². The summed E-state index contributed by atoms with van der Waals surface area (Å²) < 4.78 is 17.5. The smallest absolute Gasteiger partial charge is 0.166 e. The number of methoxy groups -OCH3 is 1. The fourth-order valence-electron chi connectivity index (χ4n) is 5.29. The number of nitrogens with zero attached hydrogens (tertiary/aromatic N) is 2. The van der Waals surface area contributed by atoms with Crippen molar-refractivity contribution in [2.45, 2.75) is 37.0 Å². The van der Waals surface area contributed by atoms with Gasteiger partial charge in [-0.2, -0.15) is 0 Å². The van der Waals surface area contributed by atoms with E-state index in [1.54, 1.807) is 7.11 Å². The van der Waals surface area contributed by atoms with Crippen LogP contribution in [-0.2, 0) is 16.7 Å². The van der Waals surface area contributed by atoms with E-state index in [-0.39, 0.29) is 11.5 Å². The molecule has 3 aliphatic heterocycles. The highest BCUT2D eigenvalue weighted by molar-refractivity contribution is 5.61. The summed E-state index contributed by atoms with van der Waals surface area (Å²) in [5.74, 6) is 1.69. The lowest BCUT2D eigenvalue weighted by Gasteiger charge is -2.36. The van der Waals surface area contributed by atoms with Gasteiger partial charge in [0, 0.05) is 44.7 Å². The Morgan fingerprint density at radius 2 is 2.00 bits per heavy atom. The second-order valence-electron chi connectivity index (χ2n) is 8.42. The molecule has 1 fully saturated rings. The number of benzene rings is 1. The van der Waals surface area contributed by atoms with E-state index in [0.717, 1.165) is 70.4 Å². The predicted octanol–water partition coefficient (Wildman–Crippen LogP) is 1.55. The Hall–Kier alpha value is -1.60. The molecule has 5 rings (SSSR count). The molecule has 1 aromatic carbocycles. The summed E-state index contributed by atoms with van der Waals surface area (Å²) in [6, 6.07) is 4.24. The normalized spacial score (nSPS) is 32.4. The second-order valence-corrected chi connectivity index (χ2v) is 8.42. The summed E-state index contributed by atoms with van der Waals surface area (Å²) in [6.07, 6.45) is 5.38. The van der Waals surface area contributed by atoms with Crippen molar-refractivity contribution in [2.75, 3.05) is 53.0 Å². The first-order chi connectivity index (χ1) is 13.7. The molecule has 28 heavy (non-hydrogen) atoms. The summed E-state index contributed by atoms with van der Waals surface area (Å²) in [4.78, 5) is 5.07. The van der Waals surface area contributed by atoms with E-state index in [1.807, 2.05) is 12.1 Å². The van der Waals surface area contributed by atoms with Crippen LogP contribution in [0.4, 0.5) is 0 Å². The number of aliphatic hydroxyl groups is 1. The lowest BCUT2D eigenvalue weighted by atomic mass is 9.69. The Labute approximate surface area is 166 Å². The lowest BCUT2D eigenvalue weighted by Crippen LogP contribution is -2.44. The van der Waals surface area contributed by atoms with Gasteiger partial charge in [-0.25, -0.2) is 0 Å². The third kappa shape index (κ3) is 3.03. The van der Waals surface area contributed by atoms with Gasteiger partial charge in [0.2, 0.25) is 0 Å². The van der Waals surface area contributed by atoms with Crippen LogP contribution in [0.15, 0.2) is 24.3 Å². The molecule has 0 radical (unpaired) electrons. The minimum absolute atomic E-state index is 0.0169. The first-order valence-corrected chi connectivity index (χ1v) is 10.5. The summed E-state index contributed by atoms with van der Waals surface area (Å²) in [6.45, 7) is 7.88. The molecule has 0 aromatic heterocycles. The Morgan fingerprint density at radius 1 is 1.18 bits per heavy atom. The van der Waals surface area contributed by atoms with Gasteiger partial charge in [-0.3, -0.25) is 9.80 Å². The SMILES string of the molecule is COc1ccc2c3c1O[C@@H]1CC(O)C=CC31CCN(CCN1CCOCC1)C2. The van der Waals surface area contributed by atoms with Crippen LogP contribution in [0.3, 0.4) is 0 Å². The minimum Gasteiger partial charge on any atom is -0.493 e. The average Bonchev–Trinajstić information content (AvgIpc) is 2.96. The highest BCUT2D eigenvalue weighted by atomic mass is 16.5. The highest BCUT2D eigenvalue weighted by Gasteiger charge is 2.52. The molecule has 152 valence electrons. The van der Waals surface area contributed by atoms with Gasteiger partial charge in [0.05, 0.1) is 31.8 Å². The maximum Gasteiger partial charge on any atom is 0.166 e. The Kier molecular flexibility index (Phi) is 4.83. The second kappa shape index (κ2) is 7.34. The van der Waals surface area contributed by atoms with E-state index in [2.05, 4.69) is 21.9 Å². The molecule has 1 aromatic rings. The predicted molar refractivity (Wildman–Crippen MR) is 106 cm³/mol. The van der Waals surface area contributed by atoms with Crippen molar-refractivity contribution >= 4 is 0 Å². The van der Waals surface area contributed by atoms with Crippen molar-refractivity contribution in [2.24, 2.45) is 0 Å². The zero-order valence-electron chi connectivity index (χ0n) is 16.6. The van der Waals surface area contributed by atoms with E-state index in [0.29, 0.717) is 6.42 Å². The lowest BCUT2D eigenvalue weighted by molar-refractivity contribution is 0.0322. The van der Waals surface area contributed by atoms with Crippen molar-refractivity contribution in [1.82, 2.24) is 9.80 Å². The van der Waals surface area contributed by atoms with Crippen molar-refractivity contribution in [1.29, 1.82) is 0 Å². The molecule has 0 bridgehead atoms. The summed E-state index contributed by atoms with van der Waals surface area (Å²) >= 11 is 0. The molecule has 1 N–H and O–H groups in total. The number of morpholine rings is 1. The highest BCUT2D eigenvalue weighted by Crippen LogP contribution is 2.55. The number of hydrogen-bond acceptors (Lipinski definition) is 6. The zero-order valence-corrected chi connectivity index (χ0v) is 16.6. The van der Waals surface area contributed by atoms with Gasteiger partial charge < -0.3 is 19.3 Å². The molecule has 1 spiro atoms. The van der Waals surface area contributed by atoms with Crippen LogP contribution in [0.2, 0.25) is 0 Å². The molecule has 4 aliphatic rings. The number of rotatable bonds is 4. The molecular formula is C22H30N2O4. The van der Waals surface area contributed by atoms with E-state index in [9.17, 15) is 5.11 Å². The van der Waals surface area contributed by atoms with Gasteiger partial charge >= 0.3 is 0 Å². The molecular weight excluding hydrogens is 356 g/mol. The topological polar surface area (TPSA) is 54.4 Å². The van der Waals surface area contributed by atoms with Gasteiger partial charge in [-0.1, -0.05) is 18.2 Å². The van der Waals surface area contributed by atoms with Crippen LogP contribution < -0.4 is 9.47 Å². The first-order valence-electron chi connectivity index (χ1n) is 10.5. The van der Waals surface area contributed by atoms with Crippen LogP contribution in [-0.4, -0.2) is 80.2 Å². The fourth-order valence-corrected chi connectivity index (χ4v) is 5.29. The van der Waals surface area contributed by atoms with E-state index >= 15 is 0 Å². The quantitative estimate of drug-likeness (QED) is 0.793. The van der Waals surface area contributed by atoms with Crippen LogP contribution >= 0.6 is 0 Å². The van der Waals surface area contributed by atoms with Gasteiger partial charge in [-0.05, 0) is 24.6 Å². The number of aliphatic hydroxyl groups excluding tert-OH is 1. The number of ether oxygens (including phenoxy) is 3. The van der Waals surface area contributed by atoms with Gasteiger partial charge in [0.25, 0.3) is 0 Å². The van der Waals surface area contributed by atoms with Gasteiger partial charge in [0.1, 0.15) is 6.10 Å². The Bertz CT molecular complexity index is 761. The number of hydrogen-bond donors (Lipinski definition) is 1. The van der Waals surface area contributed by atoms with Crippen molar-refractivity contribution in [3.05, 3.63) is 35.4 Å². The molecule has 6 heteroatoms. The molecule has 1 aliphatic carbocycles. The summed E-state index contributed by atoms with van der Waals surface area (Å²) in [7, 11) is 1.70. The molecule has 0 amide bonds. The van der Waals surface area contributed by atoms with Gasteiger partial charge in [0.15, 0.2) is 11.5 Å². The minimum atomic E-state index is -0.431.